The van der Waals surface area contributed by atoms with Crippen molar-refractivity contribution >= 4 is 23.1 Å². The van der Waals surface area contributed by atoms with E-state index in [0.717, 1.165) is 47.6 Å². The van der Waals surface area contributed by atoms with Crippen molar-refractivity contribution in [3.8, 4) is 11.4 Å². The third-order valence-electron chi connectivity index (χ3n) is 4.34. The van der Waals surface area contributed by atoms with Crippen LogP contribution in [0, 0.1) is 0 Å². The minimum Gasteiger partial charge on any atom is -0.340 e. The van der Waals surface area contributed by atoms with Crippen LogP contribution in [0.3, 0.4) is 0 Å². The van der Waals surface area contributed by atoms with Gasteiger partial charge in [0.05, 0.1) is 0 Å². The van der Waals surface area contributed by atoms with Crippen LogP contribution in [0.25, 0.3) is 11.4 Å². The molecule has 0 unspecified atom stereocenters. The van der Waals surface area contributed by atoms with Gasteiger partial charge in [0.1, 0.15) is 5.82 Å². The summed E-state index contributed by atoms with van der Waals surface area (Å²) in [6, 6.07) is 11.6. The van der Waals surface area contributed by atoms with Crippen LogP contribution >= 0.6 is 11.6 Å². The van der Waals surface area contributed by atoms with Gasteiger partial charge in [-0.2, -0.15) is 0 Å². The van der Waals surface area contributed by atoms with Gasteiger partial charge in [-0.3, -0.25) is 4.98 Å². The second-order valence-corrected chi connectivity index (χ2v) is 6.63. The molecule has 0 saturated heterocycles. The molecule has 3 aromatic rings. The summed E-state index contributed by atoms with van der Waals surface area (Å²) in [4.78, 5) is 13.7. The van der Waals surface area contributed by atoms with Gasteiger partial charge in [0.15, 0.2) is 5.82 Å². The molecular weight excluding hydrogens is 334 g/mol. The van der Waals surface area contributed by atoms with Crippen LogP contribution in [-0.2, 0) is 12.8 Å². The Morgan fingerprint density at radius 1 is 1.12 bits per heavy atom. The molecule has 6 heteroatoms. The lowest BCUT2D eigenvalue weighted by molar-refractivity contribution is 0.566. The van der Waals surface area contributed by atoms with Gasteiger partial charge < -0.3 is 11.1 Å². The van der Waals surface area contributed by atoms with Crippen molar-refractivity contribution in [1.29, 1.82) is 0 Å². The number of fused-ring (bicyclic) bond motifs is 1. The van der Waals surface area contributed by atoms with E-state index < -0.39 is 0 Å². The Morgan fingerprint density at radius 2 is 1.96 bits per heavy atom. The van der Waals surface area contributed by atoms with Crippen molar-refractivity contribution in [2.24, 2.45) is 5.73 Å². The maximum atomic E-state index is 6.17. The first kappa shape index (κ1) is 16.0. The molecule has 4 rings (SSSR count). The van der Waals surface area contributed by atoms with Gasteiger partial charge >= 0.3 is 0 Å². The van der Waals surface area contributed by atoms with Crippen molar-refractivity contribution in [3.63, 3.8) is 0 Å². The Morgan fingerprint density at radius 3 is 2.72 bits per heavy atom. The van der Waals surface area contributed by atoms with E-state index in [1.54, 1.807) is 12.4 Å². The van der Waals surface area contributed by atoms with Crippen molar-refractivity contribution in [2.75, 3.05) is 5.32 Å². The summed E-state index contributed by atoms with van der Waals surface area (Å²) in [5.74, 6) is 1.49. The quantitative estimate of drug-likeness (QED) is 0.751. The molecule has 1 atom stereocenters. The van der Waals surface area contributed by atoms with E-state index in [0.29, 0.717) is 10.8 Å². The molecule has 1 aliphatic rings. The molecule has 25 heavy (non-hydrogen) atoms. The highest BCUT2D eigenvalue weighted by Crippen LogP contribution is 2.30. The number of hydrogen-bond donors (Lipinski definition) is 2. The molecule has 2 heterocycles. The molecule has 0 saturated carbocycles. The fourth-order valence-corrected chi connectivity index (χ4v) is 3.16. The molecule has 0 aliphatic heterocycles. The molecule has 5 nitrogen and oxygen atoms in total. The maximum Gasteiger partial charge on any atom is 0.163 e. The Bertz CT molecular complexity index is 880. The molecule has 0 amide bonds. The van der Waals surface area contributed by atoms with Crippen LogP contribution in [0.2, 0.25) is 5.02 Å². The van der Waals surface area contributed by atoms with Crippen LogP contribution < -0.4 is 11.1 Å². The summed E-state index contributed by atoms with van der Waals surface area (Å²) in [6.07, 6.45) is 6.10. The molecule has 0 bridgehead atoms. The van der Waals surface area contributed by atoms with Crippen LogP contribution in [-0.4, -0.2) is 21.0 Å². The van der Waals surface area contributed by atoms with Gasteiger partial charge in [0, 0.05) is 46.0 Å². The van der Waals surface area contributed by atoms with Crippen LogP contribution in [0.1, 0.15) is 17.7 Å². The lowest BCUT2D eigenvalue weighted by Gasteiger charge is -2.24. The topological polar surface area (TPSA) is 76.7 Å². The highest BCUT2D eigenvalue weighted by atomic mass is 35.5. The number of hydrogen-bond acceptors (Lipinski definition) is 5. The SMILES string of the molecule is N[C@H]1CCc2nc(-c3cccnc3)nc(Nc3ccc(Cl)cc3)c2C1. The lowest BCUT2D eigenvalue weighted by atomic mass is 9.92. The van der Waals surface area contributed by atoms with E-state index in [-0.39, 0.29) is 6.04 Å². The fraction of sp³-hybridized carbons (Fsp3) is 0.211. The number of aromatic nitrogens is 3. The van der Waals surface area contributed by atoms with Crippen LogP contribution in [0.15, 0.2) is 48.8 Å². The first-order chi connectivity index (χ1) is 12.2. The number of anilines is 2. The smallest absolute Gasteiger partial charge is 0.163 e. The summed E-state index contributed by atoms with van der Waals surface area (Å²) < 4.78 is 0. The van der Waals surface area contributed by atoms with Crippen molar-refractivity contribution in [1.82, 2.24) is 15.0 Å². The lowest BCUT2D eigenvalue weighted by Crippen LogP contribution is -2.29. The van der Waals surface area contributed by atoms with E-state index >= 15 is 0 Å². The molecule has 0 spiro atoms. The van der Waals surface area contributed by atoms with E-state index in [1.165, 1.54) is 0 Å². The molecule has 126 valence electrons. The average Bonchev–Trinajstić information content (AvgIpc) is 2.64. The van der Waals surface area contributed by atoms with Crippen molar-refractivity contribution in [3.05, 3.63) is 65.1 Å². The summed E-state index contributed by atoms with van der Waals surface area (Å²) in [6.45, 7) is 0. The van der Waals surface area contributed by atoms with Crippen molar-refractivity contribution in [2.45, 2.75) is 25.3 Å². The summed E-state index contributed by atoms with van der Waals surface area (Å²) in [5, 5.41) is 4.11. The van der Waals surface area contributed by atoms with E-state index in [1.807, 2.05) is 36.4 Å². The third kappa shape index (κ3) is 3.48. The molecule has 0 radical (unpaired) electrons. The van der Waals surface area contributed by atoms with Crippen molar-refractivity contribution < 1.29 is 0 Å². The predicted molar refractivity (Wildman–Crippen MR) is 100.0 cm³/mol. The van der Waals surface area contributed by atoms with Gasteiger partial charge in [-0.05, 0) is 55.7 Å². The first-order valence-corrected chi connectivity index (χ1v) is 8.65. The standard InChI is InChI=1S/C19H18ClN5/c20-13-3-6-15(7-4-13)23-19-16-10-14(21)5-8-17(16)24-18(25-19)12-2-1-9-22-11-12/h1-4,6-7,9,11,14H,5,8,10,21H2,(H,23,24,25)/t14-/m0/s1. The Hall–Kier alpha value is -2.50. The predicted octanol–water partition coefficient (Wildman–Crippen LogP) is 3.75. The van der Waals surface area contributed by atoms with E-state index in [9.17, 15) is 0 Å². The summed E-state index contributed by atoms with van der Waals surface area (Å²) >= 11 is 5.98. The number of nitrogens with two attached hydrogens (primary N) is 1. The van der Waals surface area contributed by atoms with Crippen LogP contribution in [0.5, 0.6) is 0 Å². The summed E-state index contributed by atoms with van der Waals surface area (Å²) in [5.41, 5.74) is 10.2. The van der Waals surface area contributed by atoms with Gasteiger partial charge in [0.2, 0.25) is 0 Å². The molecule has 1 aromatic carbocycles. The highest BCUT2D eigenvalue weighted by Gasteiger charge is 2.22. The minimum absolute atomic E-state index is 0.145. The normalized spacial score (nSPS) is 16.3. The molecule has 3 N–H and O–H groups in total. The monoisotopic (exact) mass is 351 g/mol. The Balaban J connectivity index is 1.78. The number of rotatable bonds is 3. The van der Waals surface area contributed by atoms with E-state index in [4.69, 9.17) is 27.3 Å². The number of benzene rings is 1. The molecule has 1 aliphatic carbocycles. The second kappa shape index (κ2) is 6.78. The summed E-state index contributed by atoms with van der Waals surface area (Å²) in [7, 11) is 0. The average molecular weight is 352 g/mol. The van der Waals surface area contributed by atoms with Gasteiger partial charge in [0.25, 0.3) is 0 Å². The largest absolute Gasteiger partial charge is 0.340 e. The molecule has 0 fully saturated rings. The van der Waals surface area contributed by atoms with Crippen LogP contribution in [0.4, 0.5) is 11.5 Å². The number of nitrogens with one attached hydrogen (secondary N) is 1. The first-order valence-electron chi connectivity index (χ1n) is 8.27. The molecular formula is C19H18ClN5. The Labute approximate surface area is 151 Å². The number of aryl methyl sites for hydroxylation is 1. The number of halogens is 1. The number of pyridine rings is 1. The fourth-order valence-electron chi connectivity index (χ4n) is 3.04. The zero-order chi connectivity index (χ0) is 17.2. The van der Waals surface area contributed by atoms with Gasteiger partial charge in [-0.1, -0.05) is 11.6 Å². The zero-order valence-corrected chi connectivity index (χ0v) is 14.4. The zero-order valence-electron chi connectivity index (χ0n) is 13.6. The highest BCUT2D eigenvalue weighted by molar-refractivity contribution is 6.30. The minimum atomic E-state index is 0.145. The number of nitrogens with zero attached hydrogens (tertiary/aromatic N) is 3. The Kier molecular flexibility index (Phi) is 4.34. The van der Waals surface area contributed by atoms with E-state index in [2.05, 4.69) is 10.3 Å². The van der Waals surface area contributed by atoms with Gasteiger partial charge in [-0.25, -0.2) is 9.97 Å². The van der Waals surface area contributed by atoms with Gasteiger partial charge in [-0.15, -0.1) is 0 Å². The molecule has 2 aromatic heterocycles. The third-order valence-corrected chi connectivity index (χ3v) is 4.59. The maximum absolute atomic E-state index is 6.17. The second-order valence-electron chi connectivity index (χ2n) is 6.20.